The number of nitrogens with zero attached hydrogens (tertiary/aromatic N) is 2. The minimum atomic E-state index is -4.30. The molecule has 34 heavy (non-hydrogen) atoms. The van der Waals surface area contributed by atoms with Gasteiger partial charge < -0.3 is 18.6 Å². The fourth-order valence-electron chi connectivity index (χ4n) is 3.21. The molecule has 0 radical (unpaired) electrons. The van der Waals surface area contributed by atoms with Crippen molar-refractivity contribution in [2.24, 2.45) is 0 Å². The molecule has 0 fully saturated rings. The highest BCUT2D eigenvalue weighted by Crippen LogP contribution is 2.31. The molecule has 0 aliphatic heterocycles. The maximum atomic E-state index is 12.9. The summed E-state index contributed by atoms with van der Waals surface area (Å²) < 4.78 is 40.7. The third kappa shape index (κ3) is 5.44. The molecule has 0 atom stereocenters. The molecule has 0 bridgehead atoms. The Balaban J connectivity index is 1.73. The summed E-state index contributed by atoms with van der Waals surface area (Å²) in [5.74, 6) is 0.727. The molecule has 0 spiro atoms. The lowest BCUT2D eigenvalue weighted by Crippen LogP contribution is -2.26. The van der Waals surface area contributed by atoms with E-state index in [2.05, 4.69) is 0 Å². The molecule has 3 aromatic rings. The van der Waals surface area contributed by atoms with Gasteiger partial charge in [-0.2, -0.15) is 8.42 Å². The van der Waals surface area contributed by atoms with E-state index >= 15 is 0 Å². The van der Waals surface area contributed by atoms with Gasteiger partial charge in [-0.1, -0.05) is 18.2 Å². The number of rotatable bonds is 9. The minimum absolute atomic E-state index is 0.0415. The van der Waals surface area contributed by atoms with E-state index < -0.39 is 15.0 Å². The van der Waals surface area contributed by atoms with Crippen molar-refractivity contribution in [1.82, 2.24) is 4.90 Å². The number of amides is 1. The highest BCUT2D eigenvalue weighted by atomic mass is 32.2. The minimum Gasteiger partial charge on any atom is -0.493 e. The van der Waals surface area contributed by atoms with Crippen LogP contribution in [0.25, 0.3) is 0 Å². The van der Waals surface area contributed by atoms with Crippen LogP contribution in [0.15, 0.2) is 71.6 Å². The van der Waals surface area contributed by atoms with Crippen molar-refractivity contribution in [3.63, 3.8) is 0 Å². The summed E-state index contributed by atoms with van der Waals surface area (Å²) >= 11 is 0. The monoisotopic (exact) mass is 486 g/mol. The Labute approximate surface area is 196 Å². The normalized spacial score (nSPS) is 10.9. The summed E-state index contributed by atoms with van der Waals surface area (Å²) in [6.07, 6.45) is 0. The SMILES string of the molecule is COc1cccc(CN(C)C(=O)c2ccc(OS(=O)(=O)c3cccc([N+](=O)[O-])c3)cc2)c1OC. The van der Waals surface area contributed by atoms with E-state index in [9.17, 15) is 23.3 Å². The zero-order chi connectivity index (χ0) is 24.9. The topological polar surface area (TPSA) is 125 Å². The lowest BCUT2D eigenvalue weighted by Gasteiger charge is -2.20. The van der Waals surface area contributed by atoms with E-state index in [4.69, 9.17) is 13.7 Å². The molecule has 11 heteroatoms. The standard InChI is InChI=1S/C23H22N2O8S/c1-24(15-17-6-4-9-21(31-2)22(17)32-3)23(26)16-10-12-19(13-11-16)33-34(29,30)20-8-5-7-18(14-20)25(27)28/h4-14H,15H2,1-3H3. The molecule has 0 unspecified atom stereocenters. The molecule has 0 aliphatic carbocycles. The number of nitro benzene ring substituents is 1. The van der Waals surface area contributed by atoms with Crippen molar-refractivity contribution in [3.8, 4) is 17.2 Å². The van der Waals surface area contributed by atoms with E-state index in [0.717, 1.165) is 11.6 Å². The van der Waals surface area contributed by atoms with Crippen molar-refractivity contribution in [1.29, 1.82) is 0 Å². The Morgan fingerprint density at radius 1 is 1.00 bits per heavy atom. The number of para-hydroxylation sites is 1. The zero-order valence-electron chi connectivity index (χ0n) is 18.6. The molecular formula is C23H22N2O8S. The van der Waals surface area contributed by atoms with Crippen LogP contribution in [-0.2, 0) is 16.7 Å². The first-order chi connectivity index (χ1) is 16.2. The van der Waals surface area contributed by atoms with Crippen LogP contribution in [0.1, 0.15) is 15.9 Å². The number of nitro groups is 1. The van der Waals surface area contributed by atoms with E-state index in [1.54, 1.807) is 19.2 Å². The van der Waals surface area contributed by atoms with Crippen molar-refractivity contribution in [2.75, 3.05) is 21.3 Å². The van der Waals surface area contributed by atoms with E-state index in [0.29, 0.717) is 17.1 Å². The number of benzene rings is 3. The summed E-state index contributed by atoms with van der Waals surface area (Å²) in [6.45, 7) is 0.249. The fraction of sp³-hybridized carbons (Fsp3) is 0.174. The first kappa shape index (κ1) is 24.5. The fourth-order valence-corrected chi connectivity index (χ4v) is 4.18. The Bertz CT molecular complexity index is 1310. The van der Waals surface area contributed by atoms with Gasteiger partial charge in [0.15, 0.2) is 11.5 Å². The summed E-state index contributed by atoms with van der Waals surface area (Å²) in [5, 5.41) is 10.9. The third-order valence-electron chi connectivity index (χ3n) is 4.86. The van der Waals surface area contributed by atoms with Gasteiger partial charge in [0.05, 0.1) is 19.1 Å². The summed E-state index contributed by atoms with van der Waals surface area (Å²) in [5.41, 5.74) is 0.687. The Hall–Kier alpha value is -4.12. The third-order valence-corrected chi connectivity index (χ3v) is 6.11. The quantitative estimate of drug-likeness (QED) is 0.255. The molecule has 0 N–H and O–H groups in total. The van der Waals surface area contributed by atoms with Crippen molar-refractivity contribution >= 4 is 21.7 Å². The predicted octanol–water partition coefficient (Wildman–Crippen LogP) is 3.65. The number of hydrogen-bond donors (Lipinski definition) is 0. The van der Waals surface area contributed by atoms with Gasteiger partial charge >= 0.3 is 10.1 Å². The molecule has 178 valence electrons. The maximum absolute atomic E-state index is 12.9. The number of carbonyl (C=O) groups excluding carboxylic acids is 1. The lowest BCUT2D eigenvalue weighted by atomic mass is 10.1. The van der Waals surface area contributed by atoms with Gasteiger partial charge in [-0.05, 0) is 36.4 Å². The number of carbonyl (C=O) groups is 1. The van der Waals surface area contributed by atoms with Crippen LogP contribution in [0.4, 0.5) is 5.69 Å². The molecule has 0 aromatic heterocycles. The molecule has 3 aromatic carbocycles. The van der Waals surface area contributed by atoms with Gasteiger partial charge in [-0.25, -0.2) is 0 Å². The molecule has 0 heterocycles. The molecule has 0 aliphatic rings. The van der Waals surface area contributed by atoms with Gasteiger partial charge in [0.1, 0.15) is 10.6 Å². The number of methoxy groups -OCH3 is 2. The number of non-ortho nitro benzene ring substituents is 1. The average molecular weight is 487 g/mol. The first-order valence-corrected chi connectivity index (χ1v) is 11.3. The smallest absolute Gasteiger partial charge is 0.339 e. The van der Waals surface area contributed by atoms with Crippen LogP contribution in [-0.4, -0.2) is 45.4 Å². The number of hydrogen-bond acceptors (Lipinski definition) is 8. The van der Waals surface area contributed by atoms with Crippen LogP contribution < -0.4 is 13.7 Å². The second-order valence-corrected chi connectivity index (χ2v) is 8.68. The first-order valence-electron chi connectivity index (χ1n) is 9.90. The molecule has 10 nitrogen and oxygen atoms in total. The van der Waals surface area contributed by atoms with Crippen LogP contribution in [0.5, 0.6) is 17.2 Å². The van der Waals surface area contributed by atoms with Crippen molar-refractivity contribution in [2.45, 2.75) is 11.4 Å². The largest absolute Gasteiger partial charge is 0.493 e. The summed E-state index contributed by atoms with van der Waals surface area (Å²) in [7, 11) is 0.369. The summed E-state index contributed by atoms with van der Waals surface area (Å²) in [4.78, 5) is 24.2. The van der Waals surface area contributed by atoms with Gasteiger partial charge in [-0.3, -0.25) is 14.9 Å². The molecule has 3 rings (SSSR count). The predicted molar refractivity (Wildman–Crippen MR) is 123 cm³/mol. The molecule has 0 saturated carbocycles. The van der Waals surface area contributed by atoms with Gasteiger partial charge in [0.25, 0.3) is 11.6 Å². The van der Waals surface area contributed by atoms with E-state index in [1.165, 1.54) is 61.6 Å². The average Bonchev–Trinajstić information content (AvgIpc) is 2.83. The van der Waals surface area contributed by atoms with E-state index in [-0.39, 0.29) is 28.8 Å². The van der Waals surface area contributed by atoms with Crippen molar-refractivity contribution in [3.05, 3.63) is 88.0 Å². The van der Waals surface area contributed by atoms with Crippen LogP contribution in [0, 0.1) is 10.1 Å². The summed E-state index contributed by atoms with van der Waals surface area (Å²) in [6, 6.07) is 15.4. The van der Waals surface area contributed by atoms with E-state index in [1.807, 2.05) is 6.07 Å². The molecule has 1 amide bonds. The lowest BCUT2D eigenvalue weighted by molar-refractivity contribution is -0.385. The second kappa shape index (κ2) is 10.2. The highest BCUT2D eigenvalue weighted by Gasteiger charge is 2.21. The highest BCUT2D eigenvalue weighted by molar-refractivity contribution is 7.87. The van der Waals surface area contributed by atoms with Crippen LogP contribution >= 0.6 is 0 Å². The zero-order valence-corrected chi connectivity index (χ0v) is 19.4. The Kier molecular flexibility index (Phi) is 7.37. The van der Waals surface area contributed by atoms with Crippen molar-refractivity contribution < 1.29 is 31.8 Å². The van der Waals surface area contributed by atoms with Crippen LogP contribution in [0.3, 0.4) is 0 Å². The Morgan fingerprint density at radius 2 is 1.68 bits per heavy atom. The van der Waals surface area contributed by atoms with Gasteiger partial charge in [-0.15, -0.1) is 0 Å². The van der Waals surface area contributed by atoms with Gasteiger partial charge in [0, 0.05) is 36.9 Å². The number of ether oxygens (including phenoxy) is 2. The maximum Gasteiger partial charge on any atom is 0.339 e. The molecule has 0 saturated heterocycles. The van der Waals surface area contributed by atoms with Crippen LogP contribution in [0.2, 0.25) is 0 Å². The second-order valence-electron chi connectivity index (χ2n) is 7.13. The molecular weight excluding hydrogens is 464 g/mol. The van der Waals surface area contributed by atoms with Gasteiger partial charge in [0.2, 0.25) is 0 Å². The Morgan fingerprint density at radius 3 is 2.29 bits per heavy atom.